The summed E-state index contributed by atoms with van der Waals surface area (Å²) in [6.45, 7) is 4.22. The number of nitrogens with one attached hydrogen (secondary N) is 2. The van der Waals surface area contributed by atoms with Crippen molar-refractivity contribution in [1.29, 1.82) is 0 Å². The molecule has 1 saturated heterocycles. The van der Waals surface area contributed by atoms with Gasteiger partial charge in [0.1, 0.15) is 10.6 Å². The maximum Gasteiger partial charge on any atom is 0.321 e. The van der Waals surface area contributed by atoms with Crippen molar-refractivity contribution in [2.45, 2.75) is 13.3 Å². The molecule has 3 heterocycles. The van der Waals surface area contributed by atoms with Gasteiger partial charge in [-0.3, -0.25) is 14.9 Å². The number of benzene rings is 2. The molecule has 10 nitrogen and oxygen atoms in total. The summed E-state index contributed by atoms with van der Waals surface area (Å²) in [7, 11) is 0. The van der Waals surface area contributed by atoms with Gasteiger partial charge in [0.25, 0.3) is 5.91 Å². The van der Waals surface area contributed by atoms with Gasteiger partial charge in [0.15, 0.2) is 0 Å². The average Bonchev–Trinajstić information content (AvgIpc) is 3.32. The number of amides is 3. The standard InChI is InChI=1S/C28H28N6O4S/c1-18-17-22-24(30-27(31-25(22)39-18)32-28(38)29-12-11-23(35)36)33-13-15-34(16-14-33)26(37)21-9-7-20(8-10-21)19-5-3-2-4-6-19/h2-10,17H,11-16H2,1H3,(H,35,36)(H2,29,30,31,32,38). The van der Waals surface area contributed by atoms with Gasteiger partial charge in [0.05, 0.1) is 11.8 Å². The third-order valence-electron chi connectivity index (χ3n) is 6.45. The molecule has 0 unspecified atom stereocenters. The molecule has 0 bridgehead atoms. The van der Waals surface area contributed by atoms with Crippen molar-refractivity contribution in [2.75, 3.05) is 42.9 Å². The maximum atomic E-state index is 13.2. The predicted molar refractivity (Wildman–Crippen MR) is 151 cm³/mol. The quantitative estimate of drug-likeness (QED) is 0.318. The Morgan fingerprint density at radius 3 is 2.33 bits per heavy atom. The summed E-state index contributed by atoms with van der Waals surface area (Å²) in [4.78, 5) is 51.0. The lowest BCUT2D eigenvalue weighted by atomic mass is 10.0. The number of carboxylic acids is 1. The van der Waals surface area contributed by atoms with Crippen molar-refractivity contribution >= 4 is 51.2 Å². The van der Waals surface area contributed by atoms with E-state index in [1.54, 1.807) is 0 Å². The van der Waals surface area contributed by atoms with E-state index in [9.17, 15) is 14.4 Å². The van der Waals surface area contributed by atoms with Gasteiger partial charge < -0.3 is 20.2 Å². The Hall–Kier alpha value is -4.51. The highest BCUT2D eigenvalue weighted by atomic mass is 32.1. The summed E-state index contributed by atoms with van der Waals surface area (Å²) < 4.78 is 0. The van der Waals surface area contributed by atoms with E-state index >= 15 is 0 Å². The summed E-state index contributed by atoms with van der Waals surface area (Å²) in [6, 6.07) is 19.2. The number of aromatic nitrogens is 2. The van der Waals surface area contributed by atoms with Crippen molar-refractivity contribution in [3.8, 4) is 11.1 Å². The molecule has 0 aliphatic carbocycles. The topological polar surface area (TPSA) is 128 Å². The van der Waals surface area contributed by atoms with Crippen LogP contribution in [0.1, 0.15) is 21.7 Å². The van der Waals surface area contributed by atoms with E-state index < -0.39 is 12.0 Å². The van der Waals surface area contributed by atoms with Crippen molar-refractivity contribution < 1.29 is 19.5 Å². The van der Waals surface area contributed by atoms with Crippen LogP contribution in [0.5, 0.6) is 0 Å². The van der Waals surface area contributed by atoms with Crippen LogP contribution in [0, 0.1) is 6.92 Å². The van der Waals surface area contributed by atoms with Gasteiger partial charge in [-0.25, -0.2) is 9.78 Å². The minimum absolute atomic E-state index is 0.000646. The minimum Gasteiger partial charge on any atom is -0.481 e. The monoisotopic (exact) mass is 544 g/mol. The molecule has 1 aliphatic rings. The number of hydrogen-bond donors (Lipinski definition) is 3. The molecule has 200 valence electrons. The number of carboxylic acid groups (broad SMARTS) is 1. The number of carbonyl (C=O) groups is 3. The maximum absolute atomic E-state index is 13.2. The molecule has 2 aromatic heterocycles. The fourth-order valence-electron chi connectivity index (χ4n) is 4.49. The zero-order valence-electron chi connectivity index (χ0n) is 21.4. The Bertz CT molecular complexity index is 1500. The molecule has 11 heteroatoms. The number of fused-ring (bicyclic) bond motifs is 1. The first-order valence-electron chi connectivity index (χ1n) is 12.6. The van der Waals surface area contributed by atoms with Crippen LogP contribution in [0.15, 0.2) is 60.7 Å². The molecular formula is C28H28N6O4S. The van der Waals surface area contributed by atoms with E-state index in [0.717, 1.165) is 26.2 Å². The second kappa shape index (κ2) is 11.5. The Morgan fingerprint density at radius 1 is 0.949 bits per heavy atom. The number of urea groups is 1. The third kappa shape index (κ3) is 6.15. The van der Waals surface area contributed by atoms with Crippen LogP contribution in [0.25, 0.3) is 21.3 Å². The molecule has 3 N–H and O–H groups in total. The number of hydrogen-bond acceptors (Lipinski definition) is 7. The van der Waals surface area contributed by atoms with Gasteiger partial charge in [-0.2, -0.15) is 4.98 Å². The number of piperazine rings is 1. The number of nitrogens with zero attached hydrogens (tertiary/aromatic N) is 4. The van der Waals surface area contributed by atoms with Crippen LogP contribution in [-0.4, -0.2) is 70.6 Å². The van der Waals surface area contributed by atoms with E-state index in [-0.39, 0.29) is 24.8 Å². The predicted octanol–water partition coefficient (Wildman–Crippen LogP) is 4.23. The van der Waals surface area contributed by atoms with Crippen LogP contribution in [0.4, 0.5) is 16.6 Å². The summed E-state index contributed by atoms with van der Waals surface area (Å²) in [5.41, 5.74) is 2.83. The van der Waals surface area contributed by atoms with E-state index in [1.165, 1.54) is 11.3 Å². The molecule has 5 rings (SSSR count). The highest BCUT2D eigenvalue weighted by Gasteiger charge is 2.25. The lowest BCUT2D eigenvalue weighted by Crippen LogP contribution is -2.49. The first kappa shape index (κ1) is 26.1. The van der Waals surface area contributed by atoms with Crippen molar-refractivity contribution in [2.24, 2.45) is 0 Å². The number of rotatable bonds is 7. The Labute approximate surface area is 229 Å². The van der Waals surface area contributed by atoms with Crippen molar-refractivity contribution in [1.82, 2.24) is 20.2 Å². The molecule has 0 atom stereocenters. The average molecular weight is 545 g/mol. The third-order valence-corrected chi connectivity index (χ3v) is 7.40. The van der Waals surface area contributed by atoms with Crippen LogP contribution >= 0.6 is 11.3 Å². The van der Waals surface area contributed by atoms with Crippen LogP contribution < -0.4 is 15.5 Å². The zero-order valence-corrected chi connectivity index (χ0v) is 22.2. The van der Waals surface area contributed by atoms with E-state index in [2.05, 4.69) is 25.5 Å². The van der Waals surface area contributed by atoms with Crippen LogP contribution in [0.3, 0.4) is 0 Å². The molecule has 2 aromatic carbocycles. The summed E-state index contributed by atoms with van der Waals surface area (Å²) in [5, 5.41) is 14.8. The smallest absolute Gasteiger partial charge is 0.321 e. The van der Waals surface area contributed by atoms with Crippen molar-refractivity contribution in [3.63, 3.8) is 0 Å². The largest absolute Gasteiger partial charge is 0.481 e. The molecule has 0 spiro atoms. The number of carbonyl (C=O) groups excluding carboxylic acids is 2. The Balaban J connectivity index is 1.26. The fourth-order valence-corrected chi connectivity index (χ4v) is 5.37. The number of anilines is 2. The number of aryl methyl sites for hydroxylation is 1. The lowest BCUT2D eigenvalue weighted by Gasteiger charge is -2.35. The summed E-state index contributed by atoms with van der Waals surface area (Å²) >= 11 is 1.50. The van der Waals surface area contributed by atoms with E-state index in [0.29, 0.717) is 37.6 Å². The van der Waals surface area contributed by atoms with Gasteiger partial charge in [-0.15, -0.1) is 11.3 Å². The van der Waals surface area contributed by atoms with E-state index in [1.807, 2.05) is 72.5 Å². The van der Waals surface area contributed by atoms with Gasteiger partial charge in [0.2, 0.25) is 5.95 Å². The first-order valence-corrected chi connectivity index (χ1v) is 13.4. The highest BCUT2D eigenvalue weighted by molar-refractivity contribution is 7.18. The summed E-state index contributed by atoms with van der Waals surface area (Å²) in [5.74, 6) is -0.159. The number of thiophene rings is 1. The zero-order chi connectivity index (χ0) is 27.4. The lowest BCUT2D eigenvalue weighted by molar-refractivity contribution is -0.136. The second-order valence-electron chi connectivity index (χ2n) is 9.19. The van der Waals surface area contributed by atoms with Gasteiger partial charge >= 0.3 is 12.0 Å². The molecule has 3 amide bonds. The van der Waals surface area contributed by atoms with Crippen molar-refractivity contribution in [3.05, 3.63) is 71.1 Å². The van der Waals surface area contributed by atoms with Gasteiger partial charge in [-0.1, -0.05) is 42.5 Å². The SMILES string of the molecule is Cc1cc2c(N3CCN(C(=O)c4ccc(-c5ccccc5)cc4)CC3)nc(NC(=O)NCCC(=O)O)nc2s1. The minimum atomic E-state index is -0.994. The molecule has 0 saturated carbocycles. The number of aliphatic carboxylic acids is 1. The molecular weight excluding hydrogens is 516 g/mol. The summed E-state index contributed by atoms with van der Waals surface area (Å²) in [6.07, 6.45) is -0.178. The fraction of sp³-hybridized carbons (Fsp3) is 0.250. The van der Waals surface area contributed by atoms with Gasteiger partial charge in [0, 0.05) is 43.2 Å². The normalized spacial score (nSPS) is 13.4. The van der Waals surface area contributed by atoms with Gasteiger partial charge in [-0.05, 0) is 36.2 Å². The van der Waals surface area contributed by atoms with Crippen LogP contribution in [-0.2, 0) is 4.79 Å². The molecule has 1 fully saturated rings. The Kier molecular flexibility index (Phi) is 7.69. The Morgan fingerprint density at radius 2 is 1.64 bits per heavy atom. The molecule has 39 heavy (non-hydrogen) atoms. The first-order chi connectivity index (χ1) is 18.9. The highest BCUT2D eigenvalue weighted by Crippen LogP contribution is 2.32. The molecule has 0 radical (unpaired) electrons. The molecule has 1 aliphatic heterocycles. The second-order valence-corrected chi connectivity index (χ2v) is 10.4. The van der Waals surface area contributed by atoms with E-state index in [4.69, 9.17) is 5.11 Å². The molecule has 4 aromatic rings. The van der Waals surface area contributed by atoms with Crippen LogP contribution in [0.2, 0.25) is 0 Å².